The maximum absolute atomic E-state index is 11.7. The third-order valence-corrected chi connectivity index (χ3v) is 2.46. The Bertz CT molecular complexity index is 310. The van der Waals surface area contributed by atoms with Gasteiger partial charge in [-0.25, -0.2) is 0 Å². The summed E-state index contributed by atoms with van der Waals surface area (Å²) in [6.07, 6.45) is 4.33. The third-order valence-electron chi connectivity index (χ3n) is 2.46. The zero-order chi connectivity index (χ0) is 12.0. The Labute approximate surface area is 96.0 Å². The van der Waals surface area contributed by atoms with Crippen LogP contribution in [0.1, 0.15) is 20.3 Å². The molecule has 1 aromatic rings. The Morgan fingerprint density at radius 1 is 1.56 bits per heavy atom. The molecular weight excluding hydrogens is 204 g/mol. The summed E-state index contributed by atoms with van der Waals surface area (Å²) < 4.78 is 1.80. The maximum atomic E-state index is 11.7. The highest BCUT2D eigenvalue weighted by atomic mass is 16.1. The summed E-state index contributed by atoms with van der Waals surface area (Å²) in [5.74, 6) is 0.0372. The molecular formula is C11H20N4O. The lowest BCUT2D eigenvalue weighted by molar-refractivity contribution is -0.125. The van der Waals surface area contributed by atoms with E-state index in [4.69, 9.17) is 5.73 Å². The number of nitrogens with zero attached hydrogens (tertiary/aromatic N) is 2. The molecule has 90 valence electrons. The summed E-state index contributed by atoms with van der Waals surface area (Å²) in [6.45, 7) is 5.09. The first-order valence-electron chi connectivity index (χ1n) is 5.61. The van der Waals surface area contributed by atoms with Crippen LogP contribution in [0.3, 0.4) is 0 Å². The molecule has 1 aromatic heterocycles. The van der Waals surface area contributed by atoms with Crippen LogP contribution in [0.15, 0.2) is 18.5 Å². The monoisotopic (exact) mass is 224 g/mol. The number of amides is 1. The van der Waals surface area contributed by atoms with Crippen molar-refractivity contribution in [3.05, 3.63) is 18.5 Å². The van der Waals surface area contributed by atoms with Gasteiger partial charge in [-0.1, -0.05) is 6.92 Å². The van der Waals surface area contributed by atoms with Gasteiger partial charge in [0.25, 0.3) is 0 Å². The van der Waals surface area contributed by atoms with E-state index < -0.39 is 0 Å². The van der Waals surface area contributed by atoms with Gasteiger partial charge >= 0.3 is 0 Å². The minimum absolute atomic E-state index is 0.0231. The SMILES string of the molecule is CC(Cn1cccn1)NC(=O)C(C)CCN. The van der Waals surface area contributed by atoms with Crippen LogP contribution in [0.2, 0.25) is 0 Å². The first-order valence-corrected chi connectivity index (χ1v) is 5.61. The van der Waals surface area contributed by atoms with E-state index in [0.717, 1.165) is 6.42 Å². The minimum atomic E-state index is -0.0231. The molecule has 0 saturated carbocycles. The molecule has 1 rings (SSSR count). The first kappa shape index (κ1) is 12.7. The van der Waals surface area contributed by atoms with Crippen molar-refractivity contribution in [1.29, 1.82) is 0 Å². The molecule has 0 saturated heterocycles. The summed E-state index contributed by atoms with van der Waals surface area (Å²) >= 11 is 0. The lowest BCUT2D eigenvalue weighted by Gasteiger charge is -2.17. The largest absolute Gasteiger partial charge is 0.352 e. The quantitative estimate of drug-likeness (QED) is 0.733. The van der Waals surface area contributed by atoms with Gasteiger partial charge in [0.15, 0.2) is 0 Å². The zero-order valence-corrected chi connectivity index (χ0v) is 9.89. The Kier molecular flexibility index (Phi) is 4.98. The van der Waals surface area contributed by atoms with E-state index in [2.05, 4.69) is 10.4 Å². The normalized spacial score (nSPS) is 14.4. The Hall–Kier alpha value is -1.36. The lowest BCUT2D eigenvalue weighted by atomic mass is 10.1. The fourth-order valence-corrected chi connectivity index (χ4v) is 1.50. The highest BCUT2D eigenvalue weighted by molar-refractivity contribution is 5.78. The number of nitrogens with two attached hydrogens (primary N) is 1. The van der Waals surface area contributed by atoms with Gasteiger partial charge in [-0.05, 0) is 26.0 Å². The predicted molar refractivity (Wildman–Crippen MR) is 62.7 cm³/mol. The molecule has 1 heterocycles. The Balaban J connectivity index is 2.33. The third kappa shape index (κ3) is 4.02. The van der Waals surface area contributed by atoms with Crippen molar-refractivity contribution in [2.24, 2.45) is 11.7 Å². The van der Waals surface area contributed by atoms with E-state index in [1.165, 1.54) is 0 Å². The number of hydrogen-bond donors (Lipinski definition) is 2. The van der Waals surface area contributed by atoms with Crippen molar-refractivity contribution >= 4 is 5.91 Å². The lowest BCUT2D eigenvalue weighted by Crippen LogP contribution is -2.39. The summed E-state index contributed by atoms with van der Waals surface area (Å²) in [7, 11) is 0. The standard InChI is InChI=1S/C11H20N4O/c1-9(4-5-12)11(16)14-10(2)8-15-7-3-6-13-15/h3,6-7,9-10H,4-5,8,12H2,1-2H3,(H,14,16). The van der Waals surface area contributed by atoms with Crippen molar-refractivity contribution in [1.82, 2.24) is 15.1 Å². The van der Waals surface area contributed by atoms with E-state index >= 15 is 0 Å². The van der Waals surface area contributed by atoms with Crippen LogP contribution in [-0.2, 0) is 11.3 Å². The molecule has 0 bridgehead atoms. The van der Waals surface area contributed by atoms with Crippen molar-refractivity contribution in [3.63, 3.8) is 0 Å². The first-order chi connectivity index (χ1) is 7.63. The summed E-state index contributed by atoms with van der Waals surface area (Å²) in [4.78, 5) is 11.7. The van der Waals surface area contributed by atoms with E-state index in [1.54, 1.807) is 10.9 Å². The molecule has 0 aliphatic heterocycles. The second-order valence-electron chi connectivity index (χ2n) is 4.12. The van der Waals surface area contributed by atoms with Gasteiger partial charge in [-0.2, -0.15) is 5.10 Å². The van der Waals surface area contributed by atoms with Crippen LogP contribution in [0.25, 0.3) is 0 Å². The average molecular weight is 224 g/mol. The number of nitrogens with one attached hydrogen (secondary N) is 1. The molecule has 2 atom stereocenters. The summed E-state index contributed by atoms with van der Waals surface area (Å²) in [5, 5.41) is 7.04. The summed E-state index contributed by atoms with van der Waals surface area (Å²) in [6, 6.07) is 1.94. The Morgan fingerprint density at radius 3 is 2.88 bits per heavy atom. The van der Waals surface area contributed by atoms with Gasteiger partial charge in [0.05, 0.1) is 6.54 Å². The van der Waals surface area contributed by atoms with Crippen molar-refractivity contribution < 1.29 is 4.79 Å². The van der Waals surface area contributed by atoms with Crippen LogP contribution in [-0.4, -0.2) is 28.3 Å². The van der Waals surface area contributed by atoms with E-state index in [1.807, 2.05) is 26.1 Å². The second-order valence-corrected chi connectivity index (χ2v) is 4.12. The van der Waals surface area contributed by atoms with E-state index in [0.29, 0.717) is 13.1 Å². The molecule has 0 aromatic carbocycles. The van der Waals surface area contributed by atoms with Gasteiger partial charge in [0.2, 0.25) is 5.91 Å². The molecule has 1 amide bonds. The molecule has 2 unspecified atom stereocenters. The fraction of sp³-hybridized carbons (Fsp3) is 0.636. The smallest absolute Gasteiger partial charge is 0.223 e. The predicted octanol–water partition coefficient (Wildman–Crippen LogP) is 0.373. The molecule has 0 fully saturated rings. The highest BCUT2D eigenvalue weighted by Gasteiger charge is 2.14. The van der Waals surface area contributed by atoms with Crippen molar-refractivity contribution in [2.45, 2.75) is 32.9 Å². The molecule has 0 aliphatic rings. The minimum Gasteiger partial charge on any atom is -0.352 e. The molecule has 5 nitrogen and oxygen atoms in total. The van der Waals surface area contributed by atoms with Crippen molar-refractivity contribution in [3.8, 4) is 0 Å². The average Bonchev–Trinajstić information content (AvgIpc) is 2.70. The number of hydrogen-bond acceptors (Lipinski definition) is 3. The molecule has 0 spiro atoms. The maximum Gasteiger partial charge on any atom is 0.223 e. The Morgan fingerprint density at radius 2 is 2.31 bits per heavy atom. The van der Waals surface area contributed by atoms with Crippen molar-refractivity contribution in [2.75, 3.05) is 6.54 Å². The van der Waals surface area contributed by atoms with Gasteiger partial charge in [0, 0.05) is 24.4 Å². The zero-order valence-electron chi connectivity index (χ0n) is 9.89. The highest BCUT2D eigenvalue weighted by Crippen LogP contribution is 2.01. The van der Waals surface area contributed by atoms with Gasteiger partial charge < -0.3 is 11.1 Å². The van der Waals surface area contributed by atoms with Gasteiger partial charge in [0.1, 0.15) is 0 Å². The van der Waals surface area contributed by atoms with Crippen LogP contribution in [0, 0.1) is 5.92 Å². The van der Waals surface area contributed by atoms with E-state index in [9.17, 15) is 4.79 Å². The van der Waals surface area contributed by atoms with E-state index in [-0.39, 0.29) is 17.9 Å². The van der Waals surface area contributed by atoms with Crippen LogP contribution in [0.4, 0.5) is 0 Å². The molecule has 3 N–H and O–H groups in total. The number of aromatic nitrogens is 2. The number of carbonyl (C=O) groups excluding carboxylic acids is 1. The fourth-order valence-electron chi connectivity index (χ4n) is 1.50. The van der Waals surface area contributed by atoms with Crippen LogP contribution in [0.5, 0.6) is 0 Å². The molecule has 0 aliphatic carbocycles. The van der Waals surface area contributed by atoms with Gasteiger partial charge in [-0.15, -0.1) is 0 Å². The number of rotatable bonds is 6. The summed E-state index contributed by atoms with van der Waals surface area (Å²) in [5.41, 5.74) is 5.41. The van der Waals surface area contributed by atoms with Gasteiger partial charge in [-0.3, -0.25) is 9.48 Å². The number of carbonyl (C=O) groups is 1. The second kappa shape index (κ2) is 6.27. The molecule has 16 heavy (non-hydrogen) atoms. The topological polar surface area (TPSA) is 72.9 Å². The van der Waals surface area contributed by atoms with Crippen LogP contribution >= 0.6 is 0 Å². The van der Waals surface area contributed by atoms with Crippen LogP contribution < -0.4 is 11.1 Å². The molecule has 5 heteroatoms. The molecule has 0 radical (unpaired) electrons.